The van der Waals surface area contributed by atoms with Gasteiger partial charge >= 0.3 is 6.09 Å². The second kappa shape index (κ2) is 8.20. The molecule has 0 heterocycles. The number of alkyl carbamates (subject to hydrolysis) is 1. The van der Waals surface area contributed by atoms with Crippen molar-refractivity contribution in [1.82, 2.24) is 5.32 Å². The summed E-state index contributed by atoms with van der Waals surface area (Å²) in [6.45, 7) is 1.91. The SMILES string of the molecule is CP(=O)(CNC(=O)OCc1ccccc1)Cc1cccc2ccccc12. The molecule has 0 saturated heterocycles. The summed E-state index contributed by atoms with van der Waals surface area (Å²) < 4.78 is 18.1. The van der Waals surface area contributed by atoms with Gasteiger partial charge in [0.15, 0.2) is 0 Å². The minimum atomic E-state index is -2.58. The monoisotopic (exact) mass is 367 g/mol. The van der Waals surface area contributed by atoms with Gasteiger partial charge in [-0.2, -0.15) is 0 Å². The van der Waals surface area contributed by atoms with Crippen molar-refractivity contribution in [2.24, 2.45) is 0 Å². The van der Waals surface area contributed by atoms with E-state index in [0.717, 1.165) is 21.9 Å². The smallest absolute Gasteiger partial charge is 0.407 e. The van der Waals surface area contributed by atoms with Gasteiger partial charge < -0.3 is 14.6 Å². The molecule has 0 bridgehead atoms. The molecule has 1 atom stereocenters. The van der Waals surface area contributed by atoms with E-state index in [0.29, 0.717) is 6.16 Å². The highest BCUT2D eigenvalue weighted by atomic mass is 31.2. The minimum absolute atomic E-state index is 0.115. The number of carbonyl (C=O) groups excluding carboxylic acids is 1. The van der Waals surface area contributed by atoms with Crippen LogP contribution in [0.15, 0.2) is 72.8 Å². The average molecular weight is 367 g/mol. The Balaban J connectivity index is 1.56. The normalized spacial score (nSPS) is 13.1. The highest BCUT2D eigenvalue weighted by Gasteiger charge is 2.19. The number of nitrogens with one attached hydrogen (secondary N) is 1. The Morgan fingerprint density at radius 3 is 2.46 bits per heavy atom. The zero-order valence-corrected chi connectivity index (χ0v) is 15.6. The van der Waals surface area contributed by atoms with Gasteiger partial charge in [0.1, 0.15) is 13.7 Å². The summed E-state index contributed by atoms with van der Waals surface area (Å²) in [7, 11) is -2.58. The standard InChI is InChI=1S/C21H22NO3P/c1-26(24,15-19-12-7-11-18-10-5-6-13-20(18)19)16-22-21(23)25-14-17-8-3-2-4-9-17/h2-13H,14-16H2,1H3,(H,22,23). The van der Waals surface area contributed by atoms with Crippen molar-refractivity contribution in [3.05, 3.63) is 83.9 Å². The van der Waals surface area contributed by atoms with Crippen LogP contribution in [0.4, 0.5) is 4.79 Å². The number of hydrogen-bond acceptors (Lipinski definition) is 3. The maximum atomic E-state index is 12.9. The lowest BCUT2D eigenvalue weighted by Gasteiger charge is -2.15. The Bertz CT molecular complexity index is 935. The van der Waals surface area contributed by atoms with Crippen molar-refractivity contribution in [2.45, 2.75) is 12.8 Å². The van der Waals surface area contributed by atoms with Crippen LogP contribution in [0.2, 0.25) is 0 Å². The number of carbonyl (C=O) groups is 1. The fraction of sp³-hybridized carbons (Fsp3) is 0.190. The lowest BCUT2D eigenvalue weighted by atomic mass is 10.1. The van der Waals surface area contributed by atoms with Crippen LogP contribution in [0.1, 0.15) is 11.1 Å². The molecule has 1 N–H and O–H groups in total. The molecular formula is C21H22NO3P. The zero-order valence-electron chi connectivity index (χ0n) is 14.7. The first-order valence-corrected chi connectivity index (χ1v) is 11.0. The molecule has 1 amide bonds. The number of rotatable bonds is 6. The van der Waals surface area contributed by atoms with E-state index >= 15 is 0 Å². The third-order valence-electron chi connectivity index (χ3n) is 4.16. The highest BCUT2D eigenvalue weighted by molar-refractivity contribution is 7.62. The third-order valence-corrected chi connectivity index (χ3v) is 5.99. The van der Waals surface area contributed by atoms with E-state index in [-0.39, 0.29) is 12.9 Å². The first-order valence-electron chi connectivity index (χ1n) is 8.50. The average Bonchev–Trinajstić information content (AvgIpc) is 2.66. The van der Waals surface area contributed by atoms with Gasteiger partial charge in [0.05, 0.1) is 6.29 Å². The number of hydrogen-bond donors (Lipinski definition) is 1. The van der Waals surface area contributed by atoms with Crippen LogP contribution in [-0.4, -0.2) is 19.0 Å². The van der Waals surface area contributed by atoms with Gasteiger partial charge in [0.2, 0.25) is 0 Å². The van der Waals surface area contributed by atoms with Crippen LogP contribution < -0.4 is 5.32 Å². The van der Waals surface area contributed by atoms with Gasteiger partial charge in [0.25, 0.3) is 0 Å². The van der Waals surface area contributed by atoms with Crippen LogP contribution in [0.3, 0.4) is 0 Å². The summed E-state index contributed by atoms with van der Waals surface area (Å²) in [4.78, 5) is 11.9. The van der Waals surface area contributed by atoms with Gasteiger partial charge in [0, 0.05) is 6.16 Å². The molecule has 0 aliphatic heterocycles. The summed E-state index contributed by atoms with van der Waals surface area (Å²) >= 11 is 0. The number of benzene rings is 3. The molecule has 3 aromatic carbocycles. The maximum absolute atomic E-state index is 12.9. The number of fused-ring (bicyclic) bond motifs is 1. The molecule has 134 valence electrons. The second-order valence-corrected chi connectivity index (χ2v) is 9.72. The summed E-state index contributed by atoms with van der Waals surface area (Å²) in [5, 5.41) is 4.86. The summed E-state index contributed by atoms with van der Waals surface area (Å²) in [5.41, 5.74) is 1.95. The van der Waals surface area contributed by atoms with Gasteiger partial charge in [-0.25, -0.2) is 4.79 Å². The molecule has 0 saturated carbocycles. The second-order valence-electron chi connectivity index (χ2n) is 6.49. The lowest BCUT2D eigenvalue weighted by Crippen LogP contribution is -2.25. The van der Waals surface area contributed by atoms with Crippen molar-refractivity contribution >= 4 is 24.0 Å². The molecule has 5 heteroatoms. The van der Waals surface area contributed by atoms with E-state index < -0.39 is 13.2 Å². The van der Waals surface area contributed by atoms with E-state index in [4.69, 9.17) is 4.74 Å². The molecule has 26 heavy (non-hydrogen) atoms. The topological polar surface area (TPSA) is 55.4 Å². The molecule has 0 aromatic heterocycles. The van der Waals surface area contributed by atoms with Crippen molar-refractivity contribution in [3.63, 3.8) is 0 Å². The predicted molar refractivity (Wildman–Crippen MR) is 106 cm³/mol. The van der Waals surface area contributed by atoms with Gasteiger partial charge in [-0.05, 0) is 28.6 Å². The minimum Gasteiger partial charge on any atom is -0.445 e. The summed E-state index contributed by atoms with van der Waals surface area (Å²) in [6, 6.07) is 23.5. The quantitative estimate of drug-likeness (QED) is 0.608. The predicted octanol–water partition coefficient (Wildman–Crippen LogP) is 5.22. The molecule has 3 rings (SSSR count). The molecule has 4 nitrogen and oxygen atoms in total. The molecule has 0 radical (unpaired) electrons. The largest absolute Gasteiger partial charge is 0.445 e. The molecular weight excluding hydrogens is 345 g/mol. The van der Waals surface area contributed by atoms with Gasteiger partial charge in [-0.3, -0.25) is 0 Å². The van der Waals surface area contributed by atoms with E-state index in [1.807, 2.05) is 72.8 Å². The fourth-order valence-electron chi connectivity index (χ4n) is 2.85. The van der Waals surface area contributed by atoms with Crippen LogP contribution in [-0.2, 0) is 22.1 Å². The van der Waals surface area contributed by atoms with Crippen molar-refractivity contribution in [1.29, 1.82) is 0 Å². The van der Waals surface area contributed by atoms with Crippen LogP contribution in [0.25, 0.3) is 10.8 Å². The molecule has 0 spiro atoms. The van der Waals surface area contributed by atoms with Crippen molar-refractivity contribution < 1.29 is 14.1 Å². The molecule has 3 aromatic rings. The molecule has 1 unspecified atom stereocenters. The number of amides is 1. The maximum Gasteiger partial charge on any atom is 0.407 e. The van der Waals surface area contributed by atoms with Crippen molar-refractivity contribution in [2.75, 3.05) is 13.0 Å². The van der Waals surface area contributed by atoms with E-state index in [2.05, 4.69) is 5.32 Å². The first kappa shape index (κ1) is 18.2. The van der Waals surface area contributed by atoms with Gasteiger partial charge in [-0.15, -0.1) is 0 Å². The van der Waals surface area contributed by atoms with Crippen LogP contribution >= 0.6 is 7.14 Å². The van der Waals surface area contributed by atoms with Crippen molar-refractivity contribution in [3.8, 4) is 0 Å². The Morgan fingerprint density at radius 2 is 1.65 bits per heavy atom. The Hall–Kier alpha value is -2.58. The zero-order chi connectivity index (χ0) is 18.4. The summed E-state index contributed by atoms with van der Waals surface area (Å²) in [5.74, 6) is 0. The third kappa shape index (κ3) is 4.96. The Labute approximate surface area is 153 Å². The van der Waals surface area contributed by atoms with Gasteiger partial charge in [-0.1, -0.05) is 72.8 Å². The van der Waals surface area contributed by atoms with Crippen LogP contribution in [0, 0.1) is 0 Å². The van der Waals surface area contributed by atoms with E-state index in [1.165, 1.54) is 0 Å². The highest BCUT2D eigenvalue weighted by Crippen LogP contribution is 2.45. The number of ether oxygens (including phenoxy) is 1. The van der Waals surface area contributed by atoms with Crippen LogP contribution in [0.5, 0.6) is 0 Å². The molecule has 0 aliphatic rings. The fourth-order valence-corrected chi connectivity index (χ4v) is 4.42. The molecule has 0 fully saturated rings. The lowest BCUT2D eigenvalue weighted by molar-refractivity contribution is 0.141. The molecule has 0 aliphatic carbocycles. The van der Waals surface area contributed by atoms with E-state index in [1.54, 1.807) is 6.66 Å². The first-order chi connectivity index (χ1) is 12.5. The Kier molecular flexibility index (Phi) is 5.75. The summed E-state index contributed by atoms with van der Waals surface area (Å²) in [6.07, 6.45) is 0.00538. The van der Waals surface area contributed by atoms with E-state index in [9.17, 15) is 9.36 Å². The Morgan fingerprint density at radius 1 is 0.962 bits per heavy atom.